The van der Waals surface area contributed by atoms with Crippen LogP contribution in [0.3, 0.4) is 0 Å². The number of hydrogen-bond acceptors (Lipinski definition) is 9. The van der Waals surface area contributed by atoms with Gasteiger partial charge in [-0.3, -0.25) is 30.3 Å². The predicted molar refractivity (Wildman–Crippen MR) is 312 cm³/mol. The number of anilines is 3. The van der Waals surface area contributed by atoms with Crippen LogP contribution in [-0.2, 0) is 0 Å². The summed E-state index contributed by atoms with van der Waals surface area (Å²) in [6.07, 6.45) is 0. The van der Waals surface area contributed by atoms with Gasteiger partial charge >= 0.3 is 0 Å². The number of nitro benzene ring substituents is 3. The number of nitrogens with zero attached hydrogens (tertiary/aromatic N) is 6. The monoisotopic (exact) mass is 1030 g/mol. The minimum atomic E-state index is -0.480. The Morgan fingerprint density at radius 3 is 0.564 bits per heavy atom. The van der Waals surface area contributed by atoms with Crippen LogP contribution in [0, 0.1) is 101 Å². The molecule has 7 rings (SSSR count). The van der Waals surface area contributed by atoms with Crippen molar-refractivity contribution in [3.63, 3.8) is 0 Å². The molecule has 0 fully saturated rings. The van der Waals surface area contributed by atoms with Crippen molar-refractivity contribution in [2.75, 3.05) is 54.0 Å². The summed E-state index contributed by atoms with van der Waals surface area (Å²) in [4.78, 5) is 40.4. The summed E-state index contributed by atoms with van der Waals surface area (Å²) in [6, 6.07) is 41.4. The zero-order valence-electron chi connectivity index (χ0n) is 44.2. The molecule has 0 amide bonds. The highest BCUT2D eigenvalue weighted by molar-refractivity contribution is 5.79. The Hall–Kier alpha value is -10.5. The quantitative estimate of drug-likeness (QED) is 0.0665. The molecule has 0 saturated carbocycles. The number of non-ortho nitro benzene ring substituents is 3. The SMILES string of the molecule is CCN(CC)c1ccc(C#Cc2c(C#Cc3ccc([N+](=O)[O-])cc3)c(C#Cc3ccc(N(CC)CC)cc3)c(C#Cc3ccc([N+](=O)[O-])cc3)c(C#Cc3ccc(N(CC)CC)cc3)c2C#Cc2ccc([N+](=O)[O-])cc2)cc1. The van der Waals surface area contributed by atoms with Gasteiger partial charge in [0.25, 0.3) is 17.1 Å². The first-order valence-corrected chi connectivity index (χ1v) is 25.5. The van der Waals surface area contributed by atoms with Gasteiger partial charge in [0, 0.05) is 126 Å². The summed E-state index contributed by atoms with van der Waals surface area (Å²) < 4.78 is 0. The smallest absolute Gasteiger partial charge is 0.269 e. The van der Waals surface area contributed by atoms with Crippen molar-refractivity contribution in [2.24, 2.45) is 0 Å². The summed E-state index contributed by atoms with van der Waals surface area (Å²) in [7, 11) is 0. The van der Waals surface area contributed by atoms with Crippen LogP contribution in [0.4, 0.5) is 34.1 Å². The van der Waals surface area contributed by atoms with E-state index in [0.29, 0.717) is 66.8 Å². The second kappa shape index (κ2) is 26.6. The Bertz CT molecular complexity index is 3320. The molecule has 0 aliphatic rings. The van der Waals surface area contributed by atoms with E-state index < -0.39 is 14.8 Å². The van der Waals surface area contributed by atoms with Crippen molar-refractivity contribution in [1.29, 1.82) is 0 Å². The molecule has 0 aromatic heterocycles. The van der Waals surface area contributed by atoms with Crippen molar-refractivity contribution >= 4 is 34.1 Å². The average molecular weight is 1030 g/mol. The molecule has 0 unspecified atom stereocenters. The standard InChI is InChI=1S/C66H54N6O6/c1-7-67(8-2)55-31-13-49(14-32-55)25-43-61-64(46-28-52-19-37-58(38-20-52)70(73)74)62(44-26-50-15-33-56(34-16-50)68(9-3)10-4)66(48-30-54-23-41-60(42-24-54)72(77)78)63(45-27-51-17-35-57(36-18-51)69(11-5)12-6)65(61)47-29-53-21-39-59(40-22-53)71(75)76/h13-24,31-42H,7-12H2,1-6H3. The van der Waals surface area contributed by atoms with E-state index in [-0.39, 0.29) is 17.1 Å². The third-order valence-corrected chi connectivity index (χ3v) is 12.7. The molecule has 7 aromatic rings. The molecule has 0 spiro atoms. The Morgan fingerprint density at radius 1 is 0.269 bits per heavy atom. The zero-order chi connectivity index (χ0) is 55.6. The lowest BCUT2D eigenvalue weighted by Crippen LogP contribution is -2.21. The first-order chi connectivity index (χ1) is 37.9. The molecular weight excluding hydrogens is 973 g/mol. The van der Waals surface area contributed by atoms with Gasteiger partial charge < -0.3 is 14.7 Å². The van der Waals surface area contributed by atoms with Crippen LogP contribution in [0.5, 0.6) is 0 Å². The van der Waals surface area contributed by atoms with Crippen LogP contribution in [0.15, 0.2) is 146 Å². The molecule has 0 radical (unpaired) electrons. The Labute approximate surface area is 456 Å². The fourth-order valence-corrected chi connectivity index (χ4v) is 8.34. The van der Waals surface area contributed by atoms with E-state index in [4.69, 9.17) is 0 Å². The van der Waals surface area contributed by atoms with E-state index in [2.05, 4.69) is 127 Å². The number of rotatable bonds is 12. The van der Waals surface area contributed by atoms with Crippen LogP contribution < -0.4 is 14.7 Å². The zero-order valence-corrected chi connectivity index (χ0v) is 44.2. The van der Waals surface area contributed by atoms with Gasteiger partial charge in [-0.1, -0.05) is 71.0 Å². The van der Waals surface area contributed by atoms with E-state index in [1.54, 1.807) is 36.4 Å². The van der Waals surface area contributed by atoms with Crippen molar-refractivity contribution in [1.82, 2.24) is 0 Å². The minimum absolute atomic E-state index is 0.101. The second-order valence-corrected chi connectivity index (χ2v) is 17.3. The Morgan fingerprint density at radius 2 is 0.423 bits per heavy atom. The highest BCUT2D eigenvalue weighted by atomic mass is 16.6. The first-order valence-electron chi connectivity index (χ1n) is 25.5. The fraction of sp³-hybridized carbons (Fsp3) is 0.182. The molecule has 0 N–H and O–H groups in total. The molecule has 78 heavy (non-hydrogen) atoms. The molecule has 0 aliphatic heterocycles. The average Bonchev–Trinajstić information content (AvgIpc) is 3.57. The topological polar surface area (TPSA) is 139 Å². The molecule has 12 nitrogen and oxygen atoms in total. The van der Waals surface area contributed by atoms with Gasteiger partial charge in [0.1, 0.15) is 0 Å². The maximum atomic E-state index is 11.7. The van der Waals surface area contributed by atoms with Gasteiger partial charge in [-0.25, -0.2) is 0 Å². The summed E-state index contributed by atoms with van der Waals surface area (Å²) in [5, 5.41) is 35.1. The fourth-order valence-electron chi connectivity index (χ4n) is 8.34. The summed E-state index contributed by atoms with van der Waals surface area (Å²) >= 11 is 0. The van der Waals surface area contributed by atoms with Crippen molar-refractivity contribution < 1.29 is 14.8 Å². The van der Waals surface area contributed by atoms with E-state index >= 15 is 0 Å². The molecule has 12 heteroatoms. The lowest BCUT2D eigenvalue weighted by molar-refractivity contribution is -0.385. The van der Waals surface area contributed by atoms with Crippen LogP contribution in [-0.4, -0.2) is 54.0 Å². The minimum Gasteiger partial charge on any atom is -0.372 e. The van der Waals surface area contributed by atoms with E-state index in [9.17, 15) is 30.3 Å². The van der Waals surface area contributed by atoms with Crippen molar-refractivity contribution in [3.8, 4) is 71.0 Å². The molecule has 0 heterocycles. The number of benzene rings is 7. The highest BCUT2D eigenvalue weighted by Gasteiger charge is 2.21. The predicted octanol–water partition coefficient (Wildman–Crippen LogP) is 12.3. The maximum Gasteiger partial charge on any atom is 0.269 e. The molecule has 384 valence electrons. The van der Waals surface area contributed by atoms with Crippen LogP contribution in [0.2, 0.25) is 0 Å². The van der Waals surface area contributed by atoms with Gasteiger partial charge in [0.2, 0.25) is 0 Å². The lowest BCUT2D eigenvalue weighted by atomic mass is 9.86. The summed E-state index contributed by atoms with van der Waals surface area (Å²) in [6.45, 7) is 17.5. The van der Waals surface area contributed by atoms with Crippen LogP contribution >= 0.6 is 0 Å². The Balaban J connectivity index is 1.65. The molecule has 0 atom stereocenters. The summed E-state index contributed by atoms with van der Waals surface area (Å²) in [5.41, 5.74) is 8.36. The third kappa shape index (κ3) is 14.0. The second-order valence-electron chi connectivity index (χ2n) is 17.3. The van der Waals surface area contributed by atoms with Gasteiger partial charge in [-0.15, -0.1) is 0 Å². The highest BCUT2D eigenvalue weighted by Crippen LogP contribution is 2.29. The van der Waals surface area contributed by atoms with E-state index in [0.717, 1.165) is 56.3 Å². The summed E-state index contributed by atoms with van der Waals surface area (Å²) in [5.74, 6) is 40.3. The maximum absolute atomic E-state index is 11.7. The van der Waals surface area contributed by atoms with Gasteiger partial charge in [-0.05, 0) is 151 Å². The molecule has 0 bridgehead atoms. The van der Waals surface area contributed by atoms with Gasteiger partial charge in [-0.2, -0.15) is 0 Å². The van der Waals surface area contributed by atoms with Crippen LogP contribution in [0.1, 0.15) is 108 Å². The molecule has 7 aromatic carbocycles. The third-order valence-electron chi connectivity index (χ3n) is 12.7. The van der Waals surface area contributed by atoms with E-state index in [1.807, 2.05) is 72.8 Å². The number of nitro groups is 3. The largest absolute Gasteiger partial charge is 0.372 e. The van der Waals surface area contributed by atoms with E-state index in [1.165, 1.54) is 36.4 Å². The normalized spacial score (nSPS) is 9.92. The van der Waals surface area contributed by atoms with Gasteiger partial charge in [0.05, 0.1) is 48.2 Å². The van der Waals surface area contributed by atoms with Gasteiger partial charge in [0.15, 0.2) is 0 Å². The van der Waals surface area contributed by atoms with Crippen LogP contribution in [0.25, 0.3) is 0 Å². The van der Waals surface area contributed by atoms with Crippen molar-refractivity contribution in [3.05, 3.63) is 243 Å². The molecule has 0 aliphatic carbocycles. The number of hydrogen-bond donors (Lipinski definition) is 0. The molecular formula is C66H54N6O6. The van der Waals surface area contributed by atoms with Crippen molar-refractivity contribution in [2.45, 2.75) is 41.5 Å². The molecule has 0 saturated heterocycles. The lowest BCUT2D eigenvalue weighted by Gasteiger charge is -2.20. The Kier molecular flexibility index (Phi) is 18.9. The first kappa shape index (κ1) is 55.3.